The molecule has 6 nitrogen and oxygen atoms in total. The molecule has 32 heavy (non-hydrogen) atoms. The number of nitrogens with one attached hydrogen (secondary N) is 3. The first-order valence-electron chi connectivity index (χ1n) is 11.6. The first kappa shape index (κ1) is 23.8. The van der Waals surface area contributed by atoms with Crippen LogP contribution >= 0.6 is 0 Å². The van der Waals surface area contributed by atoms with E-state index in [1.807, 2.05) is 50.2 Å². The zero-order chi connectivity index (χ0) is 22.9. The number of carbonyl (C=O) groups is 2. The van der Waals surface area contributed by atoms with Gasteiger partial charge < -0.3 is 16.0 Å². The Morgan fingerprint density at radius 3 is 2.31 bits per heavy atom. The van der Waals surface area contributed by atoms with Gasteiger partial charge in [-0.05, 0) is 56.5 Å². The second-order valence-electron chi connectivity index (χ2n) is 8.81. The topological polar surface area (TPSA) is 73.5 Å². The zero-order valence-electron chi connectivity index (χ0n) is 19.5. The lowest BCUT2D eigenvalue weighted by molar-refractivity contribution is -0.122. The van der Waals surface area contributed by atoms with Crippen LogP contribution in [0.25, 0.3) is 0 Å². The summed E-state index contributed by atoms with van der Waals surface area (Å²) >= 11 is 0. The standard InChI is InChI=1S/C26H36N4O2/c1-19-10-9-11-20(2)26(19)29-25(32)17-28-24(31)16-27-23-15-8-7-12-21(23)18-30(3)22-13-5-4-6-14-22/h7-12,15,22,27H,4-6,13-14,16-18H2,1-3H3,(H,28,31)(H,29,32). The second-order valence-corrected chi connectivity index (χ2v) is 8.81. The minimum absolute atomic E-state index is 0.0552. The molecule has 2 amide bonds. The summed E-state index contributed by atoms with van der Waals surface area (Å²) in [5.41, 5.74) is 4.95. The lowest BCUT2D eigenvalue weighted by atomic mass is 9.94. The van der Waals surface area contributed by atoms with Gasteiger partial charge in [0.25, 0.3) is 0 Å². The van der Waals surface area contributed by atoms with Crippen molar-refractivity contribution in [3.8, 4) is 0 Å². The smallest absolute Gasteiger partial charge is 0.243 e. The van der Waals surface area contributed by atoms with Gasteiger partial charge in [-0.15, -0.1) is 0 Å². The minimum atomic E-state index is -0.231. The first-order valence-corrected chi connectivity index (χ1v) is 11.6. The molecule has 1 fully saturated rings. The molecular weight excluding hydrogens is 400 g/mol. The van der Waals surface area contributed by atoms with E-state index in [1.54, 1.807) is 0 Å². The summed E-state index contributed by atoms with van der Waals surface area (Å²) < 4.78 is 0. The highest BCUT2D eigenvalue weighted by molar-refractivity contribution is 5.96. The monoisotopic (exact) mass is 436 g/mol. The molecule has 3 rings (SSSR count). The number of nitrogens with zero attached hydrogens (tertiary/aromatic N) is 1. The van der Waals surface area contributed by atoms with Crippen molar-refractivity contribution in [1.29, 1.82) is 0 Å². The van der Waals surface area contributed by atoms with Gasteiger partial charge in [-0.3, -0.25) is 14.5 Å². The molecule has 3 N–H and O–H groups in total. The molecule has 6 heteroatoms. The summed E-state index contributed by atoms with van der Waals surface area (Å²) in [6, 6.07) is 14.6. The van der Waals surface area contributed by atoms with Crippen LogP contribution < -0.4 is 16.0 Å². The van der Waals surface area contributed by atoms with Crippen LogP contribution in [-0.2, 0) is 16.1 Å². The van der Waals surface area contributed by atoms with E-state index in [1.165, 1.54) is 37.7 Å². The third-order valence-electron chi connectivity index (χ3n) is 6.27. The van der Waals surface area contributed by atoms with Crippen LogP contribution in [0.2, 0.25) is 0 Å². The van der Waals surface area contributed by atoms with Crippen LogP contribution in [0.4, 0.5) is 11.4 Å². The van der Waals surface area contributed by atoms with E-state index in [-0.39, 0.29) is 24.9 Å². The van der Waals surface area contributed by atoms with Gasteiger partial charge in [0.05, 0.1) is 13.1 Å². The fraction of sp³-hybridized carbons (Fsp3) is 0.462. The molecule has 0 aliphatic heterocycles. The molecule has 0 aromatic heterocycles. The number of hydrogen-bond acceptors (Lipinski definition) is 4. The number of amides is 2. The van der Waals surface area contributed by atoms with Gasteiger partial charge in [0.15, 0.2) is 0 Å². The Kier molecular flexibility index (Phi) is 8.68. The Hall–Kier alpha value is -2.86. The normalized spacial score (nSPS) is 14.2. The highest BCUT2D eigenvalue weighted by Gasteiger charge is 2.19. The van der Waals surface area contributed by atoms with E-state index in [9.17, 15) is 9.59 Å². The SMILES string of the molecule is Cc1cccc(C)c1NC(=O)CNC(=O)CNc1ccccc1CN(C)C1CCCCC1. The fourth-order valence-electron chi connectivity index (χ4n) is 4.36. The lowest BCUT2D eigenvalue weighted by Gasteiger charge is -2.31. The maximum Gasteiger partial charge on any atom is 0.243 e. The Bertz CT molecular complexity index is 902. The Morgan fingerprint density at radius 2 is 1.59 bits per heavy atom. The van der Waals surface area contributed by atoms with Crippen molar-refractivity contribution in [2.45, 2.75) is 58.5 Å². The van der Waals surface area contributed by atoms with Crippen molar-refractivity contribution >= 4 is 23.2 Å². The quantitative estimate of drug-likeness (QED) is 0.550. The summed E-state index contributed by atoms with van der Waals surface area (Å²) in [7, 11) is 2.19. The highest BCUT2D eigenvalue weighted by Crippen LogP contribution is 2.25. The molecule has 1 aliphatic rings. The average molecular weight is 437 g/mol. The van der Waals surface area contributed by atoms with Crippen LogP contribution in [0.5, 0.6) is 0 Å². The predicted octanol–water partition coefficient (Wildman–Crippen LogP) is 4.23. The number of benzene rings is 2. The fourth-order valence-corrected chi connectivity index (χ4v) is 4.36. The molecule has 0 unspecified atom stereocenters. The van der Waals surface area contributed by atoms with Gasteiger partial charge in [0.2, 0.25) is 11.8 Å². The van der Waals surface area contributed by atoms with Crippen molar-refractivity contribution in [2.75, 3.05) is 30.8 Å². The van der Waals surface area contributed by atoms with Gasteiger partial charge in [-0.25, -0.2) is 0 Å². The van der Waals surface area contributed by atoms with Gasteiger partial charge >= 0.3 is 0 Å². The molecule has 0 spiro atoms. The number of anilines is 2. The zero-order valence-corrected chi connectivity index (χ0v) is 19.5. The molecule has 172 valence electrons. The molecule has 1 saturated carbocycles. The van der Waals surface area contributed by atoms with Gasteiger partial charge in [-0.1, -0.05) is 55.7 Å². The lowest BCUT2D eigenvalue weighted by Crippen LogP contribution is -2.36. The molecule has 2 aromatic rings. The van der Waals surface area contributed by atoms with E-state index in [0.29, 0.717) is 6.04 Å². The molecular formula is C26H36N4O2. The highest BCUT2D eigenvalue weighted by atomic mass is 16.2. The molecule has 0 saturated heterocycles. The van der Waals surface area contributed by atoms with Gasteiger partial charge in [0.1, 0.15) is 0 Å². The van der Waals surface area contributed by atoms with E-state index >= 15 is 0 Å². The maximum absolute atomic E-state index is 12.3. The molecule has 0 bridgehead atoms. The third kappa shape index (κ3) is 6.82. The third-order valence-corrected chi connectivity index (χ3v) is 6.27. The summed E-state index contributed by atoms with van der Waals surface area (Å²) in [5.74, 6) is -0.442. The summed E-state index contributed by atoms with van der Waals surface area (Å²) in [4.78, 5) is 27.0. The Labute approximate surface area is 191 Å². The second kappa shape index (κ2) is 11.7. The van der Waals surface area contributed by atoms with Gasteiger partial charge in [0, 0.05) is 24.0 Å². The van der Waals surface area contributed by atoms with Crippen LogP contribution in [-0.4, -0.2) is 42.9 Å². The molecule has 2 aromatic carbocycles. The van der Waals surface area contributed by atoms with E-state index in [4.69, 9.17) is 0 Å². The maximum atomic E-state index is 12.3. The first-order chi connectivity index (χ1) is 15.4. The number of para-hydroxylation sites is 2. The minimum Gasteiger partial charge on any atom is -0.376 e. The van der Waals surface area contributed by atoms with Crippen LogP contribution in [0.3, 0.4) is 0 Å². The van der Waals surface area contributed by atoms with Crippen molar-refractivity contribution in [2.24, 2.45) is 0 Å². The van der Waals surface area contributed by atoms with Crippen LogP contribution in [0, 0.1) is 13.8 Å². The van der Waals surface area contributed by atoms with Gasteiger partial charge in [-0.2, -0.15) is 0 Å². The molecule has 0 radical (unpaired) electrons. The van der Waals surface area contributed by atoms with E-state index in [2.05, 4.69) is 34.0 Å². The van der Waals surface area contributed by atoms with Crippen molar-refractivity contribution in [3.63, 3.8) is 0 Å². The largest absolute Gasteiger partial charge is 0.376 e. The van der Waals surface area contributed by atoms with E-state index in [0.717, 1.165) is 29.0 Å². The van der Waals surface area contributed by atoms with E-state index < -0.39 is 0 Å². The Morgan fingerprint density at radius 1 is 0.906 bits per heavy atom. The summed E-state index contributed by atoms with van der Waals surface area (Å²) in [5, 5.41) is 8.83. The van der Waals surface area contributed by atoms with Crippen LogP contribution in [0.1, 0.15) is 48.8 Å². The molecule has 0 atom stereocenters. The number of carbonyl (C=O) groups excluding carboxylic acids is 2. The van der Waals surface area contributed by atoms with Crippen LogP contribution in [0.15, 0.2) is 42.5 Å². The Balaban J connectivity index is 1.47. The van der Waals surface area contributed by atoms with Crippen molar-refractivity contribution in [1.82, 2.24) is 10.2 Å². The average Bonchev–Trinajstić information content (AvgIpc) is 2.80. The number of aryl methyl sites for hydroxylation is 2. The summed E-state index contributed by atoms with van der Waals surface area (Å²) in [6.07, 6.45) is 6.50. The predicted molar refractivity (Wildman–Crippen MR) is 131 cm³/mol. The number of rotatable bonds is 9. The summed E-state index contributed by atoms with van der Waals surface area (Å²) in [6.45, 7) is 4.83. The molecule has 0 heterocycles. The van der Waals surface area contributed by atoms with Crippen molar-refractivity contribution < 1.29 is 9.59 Å². The van der Waals surface area contributed by atoms with Crippen molar-refractivity contribution in [3.05, 3.63) is 59.2 Å². The number of hydrogen-bond donors (Lipinski definition) is 3. The molecule has 1 aliphatic carbocycles.